The van der Waals surface area contributed by atoms with E-state index in [-0.39, 0.29) is 6.10 Å². The summed E-state index contributed by atoms with van der Waals surface area (Å²) >= 11 is 0. The lowest BCUT2D eigenvalue weighted by atomic mass is 10.1. The second kappa shape index (κ2) is 10.1. The van der Waals surface area contributed by atoms with Crippen molar-refractivity contribution in [3.05, 3.63) is 72.4 Å². The van der Waals surface area contributed by atoms with Crippen LogP contribution in [0.3, 0.4) is 0 Å². The van der Waals surface area contributed by atoms with E-state index in [0.29, 0.717) is 5.03 Å². The quantitative estimate of drug-likeness (QED) is 0.493. The van der Waals surface area contributed by atoms with E-state index in [9.17, 15) is 4.21 Å². The van der Waals surface area contributed by atoms with E-state index in [2.05, 4.69) is 28.9 Å². The predicted molar refractivity (Wildman–Crippen MR) is 124 cm³/mol. The van der Waals surface area contributed by atoms with Crippen LogP contribution in [0.25, 0.3) is 11.1 Å². The number of hydrogen-bond donors (Lipinski definition) is 0. The van der Waals surface area contributed by atoms with E-state index in [1.807, 2.05) is 48.5 Å². The Morgan fingerprint density at radius 2 is 1.65 bits per heavy atom. The molecule has 31 heavy (non-hydrogen) atoms. The predicted octanol–water partition coefficient (Wildman–Crippen LogP) is 4.54. The van der Waals surface area contributed by atoms with Crippen molar-refractivity contribution in [2.24, 2.45) is 0 Å². The zero-order valence-electron chi connectivity index (χ0n) is 18.0. The number of benzene rings is 2. The summed E-state index contributed by atoms with van der Waals surface area (Å²) in [6.45, 7) is 5.65. The van der Waals surface area contributed by atoms with Gasteiger partial charge in [0.25, 0.3) is 0 Å². The average molecular weight is 437 g/mol. The summed E-state index contributed by atoms with van der Waals surface area (Å²) in [5, 5.41) is 0.596. The molecular weight excluding hydrogens is 408 g/mol. The molecule has 1 fully saturated rings. The smallest absolute Gasteiger partial charge is 0.126 e. The molecule has 0 N–H and O–H groups in total. The molecule has 0 bridgehead atoms. The third kappa shape index (κ3) is 5.71. The fourth-order valence-electron chi connectivity index (χ4n) is 3.53. The highest BCUT2D eigenvalue weighted by molar-refractivity contribution is 7.84. The summed E-state index contributed by atoms with van der Waals surface area (Å²) in [7, 11) is -1.06. The minimum atomic E-state index is -1.06. The summed E-state index contributed by atoms with van der Waals surface area (Å²) in [6, 6.07) is 20.2. The monoisotopic (exact) mass is 436 g/mol. The Hall–Kier alpha value is -2.70. The van der Waals surface area contributed by atoms with Gasteiger partial charge >= 0.3 is 0 Å². The van der Waals surface area contributed by atoms with Crippen LogP contribution in [0, 0.1) is 0 Å². The standard InChI is InChI=1S/C25H28N2O3S/c1-3-14-29-22-9-4-19(5-10-22)16-27-17-24(18-27)30-23-11-6-20(7-12-23)21-8-13-25(26-15-21)31(2)28/h4-13,15,24H,3,14,16-18H2,1-2H3. The molecule has 1 saturated heterocycles. The van der Waals surface area contributed by atoms with Crippen LogP contribution in [0.5, 0.6) is 11.5 Å². The van der Waals surface area contributed by atoms with Gasteiger partial charge in [0, 0.05) is 37.7 Å². The maximum absolute atomic E-state index is 11.5. The molecule has 0 spiro atoms. The molecule has 6 heteroatoms. The Kier molecular flexibility index (Phi) is 6.99. The van der Waals surface area contributed by atoms with Crippen LogP contribution in [0.2, 0.25) is 0 Å². The van der Waals surface area contributed by atoms with E-state index in [4.69, 9.17) is 9.47 Å². The Balaban J connectivity index is 1.24. The van der Waals surface area contributed by atoms with Gasteiger partial charge in [-0.3, -0.25) is 9.11 Å². The molecule has 2 aromatic carbocycles. The van der Waals surface area contributed by atoms with Crippen molar-refractivity contribution in [2.75, 3.05) is 26.0 Å². The summed E-state index contributed by atoms with van der Waals surface area (Å²) in [4.78, 5) is 6.65. The van der Waals surface area contributed by atoms with Crippen LogP contribution in [-0.2, 0) is 17.3 Å². The zero-order chi connectivity index (χ0) is 21.6. The molecule has 0 aliphatic carbocycles. The summed E-state index contributed by atoms with van der Waals surface area (Å²) in [6.07, 6.45) is 4.64. The van der Waals surface area contributed by atoms with Crippen LogP contribution in [-0.4, -0.2) is 46.1 Å². The SMILES string of the molecule is CCCOc1ccc(CN2CC(Oc3ccc(-c4ccc(S(C)=O)nc4)cc3)C2)cc1. The Labute approximate surface area is 186 Å². The van der Waals surface area contributed by atoms with Crippen molar-refractivity contribution in [3.8, 4) is 22.6 Å². The minimum absolute atomic E-state index is 0.221. The van der Waals surface area contributed by atoms with Gasteiger partial charge < -0.3 is 9.47 Å². The van der Waals surface area contributed by atoms with Crippen molar-refractivity contribution >= 4 is 10.8 Å². The van der Waals surface area contributed by atoms with Crippen LogP contribution >= 0.6 is 0 Å². The van der Waals surface area contributed by atoms with Crippen LogP contribution in [0.15, 0.2) is 71.9 Å². The van der Waals surface area contributed by atoms with Gasteiger partial charge in [0.05, 0.1) is 17.4 Å². The number of aromatic nitrogens is 1. The molecule has 5 nitrogen and oxygen atoms in total. The van der Waals surface area contributed by atoms with Gasteiger partial charge in [-0.1, -0.05) is 37.3 Å². The highest BCUT2D eigenvalue weighted by Crippen LogP contribution is 2.25. The molecule has 1 atom stereocenters. The zero-order valence-corrected chi connectivity index (χ0v) is 18.8. The highest BCUT2D eigenvalue weighted by Gasteiger charge is 2.28. The van der Waals surface area contributed by atoms with Crippen molar-refractivity contribution in [1.82, 2.24) is 9.88 Å². The molecule has 1 aromatic heterocycles. The molecule has 0 radical (unpaired) electrons. The molecule has 0 saturated carbocycles. The maximum Gasteiger partial charge on any atom is 0.126 e. The fraction of sp³-hybridized carbons (Fsp3) is 0.320. The molecule has 1 aliphatic rings. The Morgan fingerprint density at radius 1 is 0.968 bits per heavy atom. The van der Waals surface area contributed by atoms with E-state index in [1.165, 1.54) is 5.56 Å². The van der Waals surface area contributed by atoms with Gasteiger partial charge in [0.1, 0.15) is 22.6 Å². The van der Waals surface area contributed by atoms with Crippen LogP contribution in [0.1, 0.15) is 18.9 Å². The first-order valence-corrected chi connectivity index (χ1v) is 12.2. The number of ether oxygens (including phenoxy) is 2. The van der Waals surface area contributed by atoms with E-state index < -0.39 is 10.8 Å². The van der Waals surface area contributed by atoms with E-state index in [1.54, 1.807) is 12.5 Å². The third-order valence-electron chi connectivity index (χ3n) is 5.25. The molecule has 0 amide bonds. The fourth-order valence-corrected chi connectivity index (χ4v) is 4.00. The lowest BCUT2D eigenvalue weighted by Crippen LogP contribution is -2.53. The van der Waals surface area contributed by atoms with E-state index >= 15 is 0 Å². The number of rotatable bonds is 9. The lowest BCUT2D eigenvalue weighted by Gasteiger charge is -2.39. The van der Waals surface area contributed by atoms with Gasteiger partial charge in [-0.05, 0) is 47.9 Å². The number of nitrogens with zero attached hydrogens (tertiary/aromatic N) is 2. The normalized spacial score (nSPS) is 15.3. The number of likely N-dealkylation sites (tertiary alicyclic amines) is 1. The van der Waals surface area contributed by atoms with Crippen molar-refractivity contribution in [3.63, 3.8) is 0 Å². The van der Waals surface area contributed by atoms with Gasteiger partial charge in [0.2, 0.25) is 0 Å². The summed E-state index contributed by atoms with van der Waals surface area (Å²) < 4.78 is 23.2. The first kappa shape index (κ1) is 21.5. The first-order chi connectivity index (χ1) is 15.1. The molecule has 1 unspecified atom stereocenters. The van der Waals surface area contributed by atoms with Gasteiger partial charge in [-0.25, -0.2) is 4.98 Å². The molecule has 4 rings (SSSR count). The highest BCUT2D eigenvalue weighted by atomic mass is 32.2. The minimum Gasteiger partial charge on any atom is -0.494 e. The molecule has 3 aromatic rings. The van der Waals surface area contributed by atoms with Gasteiger partial charge in [-0.15, -0.1) is 0 Å². The van der Waals surface area contributed by atoms with E-state index in [0.717, 1.165) is 55.3 Å². The van der Waals surface area contributed by atoms with Crippen molar-refractivity contribution < 1.29 is 13.7 Å². The van der Waals surface area contributed by atoms with Gasteiger partial charge in [0.15, 0.2) is 0 Å². The van der Waals surface area contributed by atoms with Crippen molar-refractivity contribution in [1.29, 1.82) is 0 Å². The Bertz CT molecular complexity index is 998. The van der Waals surface area contributed by atoms with Crippen molar-refractivity contribution in [2.45, 2.75) is 31.0 Å². The molecule has 1 aliphatic heterocycles. The van der Waals surface area contributed by atoms with Gasteiger partial charge in [-0.2, -0.15) is 0 Å². The first-order valence-electron chi connectivity index (χ1n) is 10.6. The summed E-state index contributed by atoms with van der Waals surface area (Å²) in [5.41, 5.74) is 3.36. The Morgan fingerprint density at radius 3 is 2.26 bits per heavy atom. The van der Waals surface area contributed by atoms with Crippen LogP contribution < -0.4 is 9.47 Å². The summed E-state index contributed by atoms with van der Waals surface area (Å²) in [5.74, 6) is 1.82. The molecule has 2 heterocycles. The largest absolute Gasteiger partial charge is 0.494 e. The average Bonchev–Trinajstić information content (AvgIpc) is 2.77. The topological polar surface area (TPSA) is 51.7 Å². The number of hydrogen-bond acceptors (Lipinski definition) is 5. The molecular formula is C25H28N2O3S. The second-order valence-electron chi connectivity index (χ2n) is 7.79. The maximum atomic E-state index is 11.5. The third-order valence-corrected chi connectivity index (χ3v) is 6.08. The van der Waals surface area contributed by atoms with Crippen LogP contribution in [0.4, 0.5) is 0 Å². The second-order valence-corrected chi connectivity index (χ2v) is 9.12. The molecule has 162 valence electrons. The number of pyridine rings is 1. The lowest BCUT2D eigenvalue weighted by molar-refractivity contribution is 0.0146.